The Hall–Kier alpha value is -2.21. The molecule has 0 saturated carbocycles. The fourth-order valence-electron chi connectivity index (χ4n) is 2.16. The van der Waals surface area contributed by atoms with Crippen LogP contribution in [0, 0.1) is 0 Å². The van der Waals surface area contributed by atoms with E-state index in [0.29, 0.717) is 12.1 Å². The first-order valence-electron chi connectivity index (χ1n) is 6.17. The molecule has 1 aliphatic rings. The van der Waals surface area contributed by atoms with Crippen LogP contribution in [0.25, 0.3) is 0 Å². The van der Waals surface area contributed by atoms with E-state index in [1.807, 2.05) is 25.2 Å². The predicted molar refractivity (Wildman–Crippen MR) is 69.2 cm³/mol. The van der Waals surface area contributed by atoms with Gasteiger partial charge in [-0.05, 0) is 23.3 Å². The molecular weight excluding hydrogens is 242 g/mol. The summed E-state index contributed by atoms with van der Waals surface area (Å²) in [5.41, 5.74) is 3.15. The van der Waals surface area contributed by atoms with Crippen molar-refractivity contribution in [2.24, 2.45) is 7.05 Å². The normalized spacial score (nSPS) is 13.3. The maximum atomic E-state index is 12.1. The number of benzene rings is 1. The topological polar surface area (TPSA) is 71.8 Å². The number of amides is 1. The molecule has 0 spiro atoms. The van der Waals surface area contributed by atoms with Crippen molar-refractivity contribution >= 4 is 5.91 Å². The largest absolute Gasteiger partial charge is 0.345 e. The molecule has 1 aromatic heterocycles. The number of hydrogen-bond acceptors (Lipinski definition) is 4. The quantitative estimate of drug-likeness (QED) is 0.832. The summed E-state index contributed by atoms with van der Waals surface area (Å²) in [5, 5.41) is 13.8. The summed E-state index contributed by atoms with van der Waals surface area (Å²) < 4.78 is 1.78. The molecule has 98 valence electrons. The third-order valence-electron chi connectivity index (χ3n) is 3.31. The van der Waals surface area contributed by atoms with Crippen molar-refractivity contribution in [3.8, 4) is 0 Å². The third kappa shape index (κ3) is 2.34. The van der Waals surface area contributed by atoms with E-state index in [9.17, 15) is 4.79 Å². The molecule has 3 rings (SSSR count). The lowest BCUT2D eigenvalue weighted by Crippen LogP contribution is -2.24. The van der Waals surface area contributed by atoms with Gasteiger partial charge >= 0.3 is 0 Å². The number of carbonyl (C=O) groups is 1. The van der Waals surface area contributed by atoms with Crippen LogP contribution in [-0.4, -0.2) is 20.7 Å². The molecule has 0 aliphatic carbocycles. The smallest absolute Gasteiger partial charge is 0.251 e. The van der Waals surface area contributed by atoms with Crippen LogP contribution < -0.4 is 10.6 Å². The van der Waals surface area contributed by atoms with Crippen molar-refractivity contribution in [1.29, 1.82) is 0 Å². The van der Waals surface area contributed by atoms with E-state index < -0.39 is 0 Å². The van der Waals surface area contributed by atoms with Crippen LogP contribution in [0.1, 0.15) is 27.3 Å². The molecule has 19 heavy (non-hydrogen) atoms. The van der Waals surface area contributed by atoms with Crippen LogP contribution in [0.3, 0.4) is 0 Å². The Bertz CT molecular complexity index is 619. The molecule has 1 aromatic carbocycles. The lowest BCUT2D eigenvalue weighted by atomic mass is 10.1. The zero-order valence-corrected chi connectivity index (χ0v) is 10.7. The van der Waals surface area contributed by atoms with Crippen LogP contribution in [0.4, 0.5) is 0 Å². The average Bonchev–Trinajstić information content (AvgIpc) is 3.03. The van der Waals surface area contributed by atoms with Crippen molar-refractivity contribution in [1.82, 2.24) is 25.4 Å². The summed E-state index contributed by atoms with van der Waals surface area (Å²) in [6, 6.07) is 5.81. The van der Waals surface area contributed by atoms with Crippen LogP contribution >= 0.6 is 0 Å². The highest BCUT2D eigenvalue weighted by molar-refractivity contribution is 5.94. The number of nitrogens with one attached hydrogen (secondary N) is 2. The van der Waals surface area contributed by atoms with Crippen molar-refractivity contribution in [2.75, 3.05) is 0 Å². The molecule has 0 fully saturated rings. The van der Waals surface area contributed by atoms with Crippen molar-refractivity contribution < 1.29 is 4.79 Å². The van der Waals surface area contributed by atoms with E-state index in [2.05, 4.69) is 20.8 Å². The van der Waals surface area contributed by atoms with E-state index in [1.54, 1.807) is 10.9 Å². The SMILES string of the molecule is Cn1cnnc1CNC(=O)c1ccc2c(c1)CNC2. The summed E-state index contributed by atoms with van der Waals surface area (Å²) in [5.74, 6) is 0.647. The van der Waals surface area contributed by atoms with E-state index >= 15 is 0 Å². The second kappa shape index (κ2) is 4.81. The second-order valence-corrected chi connectivity index (χ2v) is 4.63. The van der Waals surface area contributed by atoms with Gasteiger partial charge in [-0.25, -0.2) is 0 Å². The van der Waals surface area contributed by atoms with Gasteiger partial charge in [-0.2, -0.15) is 0 Å². The number of nitrogens with zero attached hydrogens (tertiary/aromatic N) is 3. The molecule has 6 nitrogen and oxygen atoms in total. The van der Waals surface area contributed by atoms with E-state index in [1.165, 1.54) is 11.1 Å². The first-order chi connectivity index (χ1) is 9.24. The molecule has 0 radical (unpaired) electrons. The minimum absolute atomic E-state index is 0.0855. The Balaban J connectivity index is 1.69. The molecular formula is C13H15N5O. The van der Waals surface area contributed by atoms with Crippen LogP contribution in [0.2, 0.25) is 0 Å². The molecule has 0 atom stereocenters. The number of hydrogen-bond donors (Lipinski definition) is 2. The van der Waals surface area contributed by atoms with Crippen LogP contribution in [0.5, 0.6) is 0 Å². The highest BCUT2D eigenvalue weighted by atomic mass is 16.1. The Morgan fingerprint density at radius 2 is 2.26 bits per heavy atom. The van der Waals surface area contributed by atoms with E-state index in [0.717, 1.165) is 18.9 Å². The van der Waals surface area contributed by atoms with Gasteiger partial charge in [-0.1, -0.05) is 6.07 Å². The molecule has 1 aliphatic heterocycles. The third-order valence-corrected chi connectivity index (χ3v) is 3.31. The van der Waals surface area contributed by atoms with Crippen molar-refractivity contribution in [3.63, 3.8) is 0 Å². The molecule has 0 bridgehead atoms. The number of rotatable bonds is 3. The zero-order valence-electron chi connectivity index (χ0n) is 10.7. The molecule has 0 unspecified atom stereocenters. The van der Waals surface area contributed by atoms with Crippen molar-refractivity contribution in [2.45, 2.75) is 19.6 Å². The fourth-order valence-corrected chi connectivity index (χ4v) is 2.16. The highest BCUT2D eigenvalue weighted by Gasteiger charge is 2.13. The van der Waals surface area contributed by atoms with Gasteiger partial charge in [-0.15, -0.1) is 10.2 Å². The Kier molecular flexibility index (Phi) is 3.00. The fraction of sp³-hybridized carbons (Fsp3) is 0.308. The van der Waals surface area contributed by atoms with E-state index in [4.69, 9.17) is 0 Å². The molecule has 1 amide bonds. The Morgan fingerprint density at radius 1 is 1.42 bits per heavy atom. The second-order valence-electron chi connectivity index (χ2n) is 4.63. The Morgan fingerprint density at radius 3 is 3.05 bits per heavy atom. The standard InChI is InChI=1S/C13H15N5O/c1-18-8-16-17-12(18)7-15-13(19)9-2-3-10-5-14-6-11(10)4-9/h2-4,8,14H,5-7H2,1H3,(H,15,19). The maximum absolute atomic E-state index is 12.1. The monoisotopic (exact) mass is 257 g/mol. The van der Waals surface area contributed by atoms with Gasteiger partial charge in [0.2, 0.25) is 0 Å². The number of carbonyl (C=O) groups excluding carboxylic acids is 1. The number of aromatic nitrogens is 3. The minimum Gasteiger partial charge on any atom is -0.345 e. The van der Waals surface area contributed by atoms with Gasteiger partial charge in [0.05, 0.1) is 6.54 Å². The van der Waals surface area contributed by atoms with Gasteiger partial charge in [0.15, 0.2) is 5.82 Å². The molecule has 2 aromatic rings. The predicted octanol–water partition coefficient (Wildman–Crippen LogP) is 0.348. The van der Waals surface area contributed by atoms with Gasteiger partial charge in [-0.3, -0.25) is 4.79 Å². The van der Waals surface area contributed by atoms with Gasteiger partial charge < -0.3 is 15.2 Å². The molecule has 2 N–H and O–H groups in total. The average molecular weight is 257 g/mol. The highest BCUT2D eigenvalue weighted by Crippen LogP contribution is 2.16. The van der Waals surface area contributed by atoms with Crippen LogP contribution in [-0.2, 0) is 26.7 Å². The minimum atomic E-state index is -0.0855. The van der Waals surface area contributed by atoms with Gasteiger partial charge in [0.25, 0.3) is 5.91 Å². The number of fused-ring (bicyclic) bond motifs is 1. The summed E-state index contributed by atoms with van der Waals surface area (Å²) in [7, 11) is 1.85. The molecule has 0 saturated heterocycles. The lowest BCUT2D eigenvalue weighted by Gasteiger charge is -2.06. The summed E-state index contributed by atoms with van der Waals surface area (Å²) in [4.78, 5) is 12.1. The zero-order chi connectivity index (χ0) is 13.2. The summed E-state index contributed by atoms with van der Waals surface area (Å²) in [6.45, 7) is 2.10. The lowest BCUT2D eigenvalue weighted by molar-refractivity contribution is 0.0949. The van der Waals surface area contributed by atoms with Crippen LogP contribution in [0.15, 0.2) is 24.5 Å². The van der Waals surface area contributed by atoms with Crippen molar-refractivity contribution in [3.05, 3.63) is 47.0 Å². The summed E-state index contributed by atoms with van der Waals surface area (Å²) in [6.07, 6.45) is 1.61. The van der Waals surface area contributed by atoms with Gasteiger partial charge in [0.1, 0.15) is 6.33 Å². The Labute approximate surface area is 110 Å². The summed E-state index contributed by atoms with van der Waals surface area (Å²) >= 11 is 0. The maximum Gasteiger partial charge on any atom is 0.251 e. The molecule has 2 heterocycles. The first-order valence-corrected chi connectivity index (χ1v) is 6.17. The molecule has 6 heteroatoms. The number of aryl methyl sites for hydroxylation is 1. The first kappa shape index (κ1) is 11.9. The van der Waals surface area contributed by atoms with Gasteiger partial charge in [0, 0.05) is 25.7 Å². The van der Waals surface area contributed by atoms with E-state index in [-0.39, 0.29) is 5.91 Å².